The van der Waals surface area contributed by atoms with Crippen LogP contribution >= 0.6 is 15.9 Å². The molecule has 13 heavy (non-hydrogen) atoms. The molecule has 1 rings (SSSR count). The highest BCUT2D eigenvalue weighted by molar-refractivity contribution is 9.10. The van der Waals surface area contributed by atoms with Gasteiger partial charge in [0.1, 0.15) is 0 Å². The third-order valence-corrected chi connectivity index (χ3v) is 2.03. The zero-order chi connectivity index (χ0) is 10.0. The van der Waals surface area contributed by atoms with Crippen molar-refractivity contribution in [3.05, 3.63) is 22.4 Å². The van der Waals surface area contributed by atoms with Gasteiger partial charge in [-0.05, 0) is 33.4 Å². The maximum absolute atomic E-state index is 13.1. The van der Waals surface area contributed by atoms with Gasteiger partial charge in [-0.2, -0.15) is 0 Å². The molecule has 1 aromatic carbocycles. The van der Waals surface area contributed by atoms with E-state index in [1.165, 1.54) is 6.07 Å². The van der Waals surface area contributed by atoms with E-state index in [1.54, 1.807) is 0 Å². The Balaban J connectivity index is 3.30. The quantitative estimate of drug-likeness (QED) is 0.753. The molecule has 0 heterocycles. The molecule has 0 fully saturated rings. The number of benzene rings is 1. The van der Waals surface area contributed by atoms with Crippen LogP contribution in [0.3, 0.4) is 0 Å². The minimum atomic E-state index is -1.20. The Morgan fingerprint density at radius 3 is 2.46 bits per heavy atom. The molecule has 0 atom stereocenters. The summed E-state index contributed by atoms with van der Waals surface area (Å²) >= 11 is 2.85. The van der Waals surface area contributed by atoms with Gasteiger partial charge >= 0.3 is 0 Å². The molecule has 0 bridgehead atoms. The van der Waals surface area contributed by atoms with E-state index in [0.29, 0.717) is 0 Å². The summed E-state index contributed by atoms with van der Waals surface area (Å²) in [6.07, 6.45) is 0. The van der Waals surface area contributed by atoms with E-state index in [2.05, 4.69) is 20.7 Å². The lowest BCUT2D eigenvalue weighted by Crippen LogP contribution is -2.01. The number of hydrogen-bond donors (Lipinski definition) is 0. The maximum Gasteiger partial charge on any atom is 0.184 e. The maximum atomic E-state index is 13.1. The molecule has 0 saturated carbocycles. The smallest absolute Gasteiger partial charge is 0.184 e. The zero-order valence-corrected chi connectivity index (χ0v) is 8.11. The Morgan fingerprint density at radius 1 is 1.38 bits per heavy atom. The van der Waals surface area contributed by atoms with Crippen LogP contribution in [0, 0.1) is 5.82 Å². The van der Waals surface area contributed by atoms with E-state index >= 15 is 0 Å². The fourth-order valence-corrected chi connectivity index (χ4v) is 1.16. The first-order chi connectivity index (χ1) is 6.07. The predicted molar refractivity (Wildman–Crippen MR) is 45.3 cm³/mol. The lowest BCUT2D eigenvalue weighted by Gasteiger charge is -2.09. The van der Waals surface area contributed by atoms with Crippen molar-refractivity contribution in [1.29, 1.82) is 0 Å². The minimum Gasteiger partial charge on any atom is -0.491 e. The van der Waals surface area contributed by atoms with Gasteiger partial charge in [0.2, 0.25) is 0 Å². The fraction of sp³-hybridized carbons (Fsp3) is 0.143. The SMILES string of the molecule is COc1c(N(F)F)ccc(Br)c1F. The third kappa shape index (κ3) is 1.88. The number of halogens is 4. The Labute approximate surface area is 80.9 Å². The fourth-order valence-electron chi connectivity index (χ4n) is 0.849. The molecule has 0 N–H and O–H groups in total. The highest BCUT2D eigenvalue weighted by atomic mass is 79.9. The highest BCUT2D eigenvalue weighted by Gasteiger charge is 2.17. The van der Waals surface area contributed by atoms with Crippen molar-refractivity contribution in [3.8, 4) is 5.75 Å². The van der Waals surface area contributed by atoms with Crippen LogP contribution in [0.1, 0.15) is 0 Å². The van der Waals surface area contributed by atoms with Crippen LogP contribution in [-0.4, -0.2) is 7.11 Å². The highest BCUT2D eigenvalue weighted by Crippen LogP contribution is 2.35. The molecular formula is C7H5BrF3NO. The second-order valence-corrected chi connectivity index (χ2v) is 3.00. The number of anilines is 1. The first-order valence-electron chi connectivity index (χ1n) is 3.21. The van der Waals surface area contributed by atoms with Gasteiger partial charge in [-0.25, -0.2) is 4.39 Å². The van der Waals surface area contributed by atoms with Gasteiger partial charge in [0, 0.05) is 0 Å². The van der Waals surface area contributed by atoms with Crippen molar-refractivity contribution in [3.63, 3.8) is 0 Å². The van der Waals surface area contributed by atoms with Crippen molar-refractivity contribution >= 4 is 21.6 Å². The van der Waals surface area contributed by atoms with Gasteiger partial charge in [-0.3, -0.25) is 0 Å². The average Bonchev–Trinajstić information content (AvgIpc) is 2.09. The van der Waals surface area contributed by atoms with Gasteiger partial charge in [-0.15, -0.1) is 0 Å². The summed E-state index contributed by atoms with van der Waals surface area (Å²) in [4.78, 5) is 0. The standard InChI is InChI=1S/C7H5BrF3NO/c1-13-7-5(12(10)11)3-2-4(8)6(7)9/h2-3H,1H3. The summed E-state index contributed by atoms with van der Waals surface area (Å²) in [5, 5.41) is -1.20. The summed E-state index contributed by atoms with van der Waals surface area (Å²) in [7, 11) is 1.12. The second kappa shape index (κ2) is 3.87. The van der Waals surface area contributed by atoms with Gasteiger partial charge < -0.3 is 4.74 Å². The average molecular weight is 256 g/mol. The molecule has 0 aliphatic carbocycles. The Hall–Kier alpha value is -0.910. The van der Waals surface area contributed by atoms with Crippen LogP contribution in [0.2, 0.25) is 0 Å². The molecule has 0 spiro atoms. The molecule has 0 aliphatic heterocycles. The third-order valence-electron chi connectivity index (χ3n) is 1.42. The number of ether oxygens (including phenoxy) is 1. The van der Waals surface area contributed by atoms with Crippen LogP contribution in [0.15, 0.2) is 16.6 Å². The molecule has 2 nitrogen and oxygen atoms in total. The van der Waals surface area contributed by atoms with E-state index in [0.717, 1.165) is 13.2 Å². The largest absolute Gasteiger partial charge is 0.491 e. The summed E-state index contributed by atoms with van der Waals surface area (Å²) in [6.45, 7) is 0. The Kier molecular flexibility index (Phi) is 3.02. The molecule has 1 aromatic rings. The molecule has 0 radical (unpaired) electrons. The molecule has 0 aliphatic rings. The molecular weight excluding hydrogens is 251 g/mol. The summed E-state index contributed by atoms with van der Waals surface area (Å²) in [5.74, 6) is -1.33. The van der Waals surface area contributed by atoms with E-state index in [9.17, 15) is 13.4 Å². The lowest BCUT2D eigenvalue weighted by atomic mass is 10.3. The summed E-state index contributed by atoms with van der Waals surface area (Å²) < 4.78 is 41.9. The Bertz CT molecular complexity index is 319. The first-order valence-corrected chi connectivity index (χ1v) is 4.01. The number of nitrogens with zero attached hydrogens (tertiary/aromatic N) is 1. The molecule has 0 saturated heterocycles. The normalized spacial score (nSPS) is 9.92. The van der Waals surface area contributed by atoms with Crippen LogP contribution in [0.4, 0.5) is 19.0 Å². The second-order valence-electron chi connectivity index (χ2n) is 2.15. The molecule has 0 amide bonds. The molecule has 72 valence electrons. The summed E-state index contributed by atoms with van der Waals surface area (Å²) in [6, 6.07) is 2.23. The van der Waals surface area contributed by atoms with Crippen molar-refractivity contribution in [2.75, 3.05) is 12.5 Å². The first kappa shape index (κ1) is 10.2. The minimum absolute atomic E-state index is 0.0787. The zero-order valence-electron chi connectivity index (χ0n) is 6.52. The number of methoxy groups -OCH3 is 1. The molecule has 6 heteroatoms. The molecule has 0 unspecified atom stereocenters. The van der Waals surface area contributed by atoms with Crippen molar-refractivity contribution < 1.29 is 18.1 Å². The van der Waals surface area contributed by atoms with Gasteiger partial charge in [0.05, 0.1) is 11.6 Å². The van der Waals surface area contributed by atoms with Gasteiger partial charge in [-0.1, -0.05) is 8.96 Å². The van der Waals surface area contributed by atoms with Crippen LogP contribution in [0.5, 0.6) is 5.75 Å². The van der Waals surface area contributed by atoms with Crippen LogP contribution in [0.25, 0.3) is 0 Å². The van der Waals surface area contributed by atoms with Crippen LogP contribution < -0.4 is 10.1 Å². The van der Waals surface area contributed by atoms with Crippen molar-refractivity contribution in [2.24, 2.45) is 0 Å². The van der Waals surface area contributed by atoms with E-state index in [1.807, 2.05) is 0 Å². The van der Waals surface area contributed by atoms with Crippen molar-refractivity contribution in [1.82, 2.24) is 0 Å². The Morgan fingerprint density at radius 2 is 2.00 bits per heavy atom. The van der Waals surface area contributed by atoms with Gasteiger partial charge in [0.15, 0.2) is 17.3 Å². The van der Waals surface area contributed by atoms with E-state index in [-0.39, 0.29) is 4.47 Å². The van der Waals surface area contributed by atoms with E-state index < -0.39 is 22.6 Å². The number of hydrogen-bond acceptors (Lipinski definition) is 2. The van der Waals surface area contributed by atoms with Gasteiger partial charge in [0.25, 0.3) is 0 Å². The van der Waals surface area contributed by atoms with E-state index in [4.69, 9.17) is 0 Å². The predicted octanol–water partition coefficient (Wildman–Crippen LogP) is 3.17. The van der Waals surface area contributed by atoms with Crippen molar-refractivity contribution in [2.45, 2.75) is 0 Å². The molecule has 0 aromatic heterocycles. The monoisotopic (exact) mass is 255 g/mol. The summed E-state index contributed by atoms with van der Waals surface area (Å²) in [5.41, 5.74) is -0.608. The van der Waals surface area contributed by atoms with Crippen LogP contribution in [-0.2, 0) is 0 Å². The topological polar surface area (TPSA) is 12.5 Å². The lowest BCUT2D eigenvalue weighted by molar-refractivity contribution is 0.229. The number of rotatable bonds is 2.